The van der Waals surface area contributed by atoms with Crippen LogP contribution in [0.5, 0.6) is 0 Å². The normalized spacial score (nSPS) is 19.6. The fourth-order valence-corrected chi connectivity index (χ4v) is 6.06. The first kappa shape index (κ1) is 21.1. The number of rotatable bonds is 5. The zero-order valence-electron chi connectivity index (χ0n) is 17.9. The highest BCUT2D eigenvalue weighted by atomic mass is 32.1. The van der Waals surface area contributed by atoms with E-state index in [0.717, 1.165) is 45.4 Å². The number of amides is 5. The van der Waals surface area contributed by atoms with Crippen molar-refractivity contribution in [2.75, 3.05) is 11.9 Å². The minimum Gasteiger partial charge on any atom is -0.365 e. The number of imide groups is 1. The number of urea groups is 1. The lowest BCUT2D eigenvalue weighted by Crippen LogP contribution is -2.42. The average molecular weight is 463 g/mol. The van der Waals surface area contributed by atoms with E-state index in [9.17, 15) is 19.2 Å². The number of aryl methyl sites for hydroxylation is 1. The van der Waals surface area contributed by atoms with Gasteiger partial charge in [0.05, 0.1) is 5.56 Å². The maximum atomic E-state index is 13.3. The third kappa shape index (κ3) is 3.36. The Kier molecular flexibility index (Phi) is 4.93. The number of fused-ring (bicyclic) bond motifs is 2. The number of primary amides is 1. The summed E-state index contributed by atoms with van der Waals surface area (Å²) in [5, 5.41) is 7.61. The molecule has 0 radical (unpaired) electrons. The number of hydrogen-bond donors (Lipinski definition) is 3. The van der Waals surface area contributed by atoms with Crippen LogP contribution in [0.1, 0.15) is 39.7 Å². The minimum absolute atomic E-state index is 0.332. The van der Waals surface area contributed by atoms with Gasteiger partial charge in [0.1, 0.15) is 17.1 Å². The van der Waals surface area contributed by atoms with Crippen LogP contribution in [0.2, 0.25) is 0 Å². The van der Waals surface area contributed by atoms with Gasteiger partial charge in [-0.25, -0.2) is 4.79 Å². The number of benzene rings is 2. The van der Waals surface area contributed by atoms with Crippen LogP contribution in [-0.4, -0.2) is 35.2 Å². The van der Waals surface area contributed by atoms with Crippen LogP contribution in [-0.2, 0) is 28.0 Å². The largest absolute Gasteiger partial charge is 0.365 e. The van der Waals surface area contributed by atoms with Gasteiger partial charge in [-0.3, -0.25) is 19.3 Å². The number of hydrogen-bond acceptors (Lipinski definition) is 5. The smallest absolute Gasteiger partial charge is 0.325 e. The molecule has 168 valence electrons. The molecule has 1 aliphatic heterocycles. The lowest BCUT2D eigenvalue weighted by Gasteiger charge is -2.24. The van der Waals surface area contributed by atoms with E-state index in [0.29, 0.717) is 16.1 Å². The van der Waals surface area contributed by atoms with E-state index in [1.54, 1.807) is 13.0 Å². The zero-order valence-corrected chi connectivity index (χ0v) is 18.8. The first-order chi connectivity index (χ1) is 15.8. The van der Waals surface area contributed by atoms with E-state index in [1.165, 1.54) is 11.3 Å². The van der Waals surface area contributed by atoms with Gasteiger partial charge in [-0.15, -0.1) is 11.3 Å². The molecule has 1 fully saturated rings. The molecule has 0 saturated carbocycles. The lowest BCUT2D eigenvalue weighted by atomic mass is 9.88. The van der Waals surface area contributed by atoms with E-state index in [1.807, 2.05) is 36.4 Å². The molecule has 1 saturated heterocycles. The van der Waals surface area contributed by atoms with E-state index >= 15 is 0 Å². The van der Waals surface area contributed by atoms with Gasteiger partial charge in [0.15, 0.2) is 0 Å². The highest BCUT2D eigenvalue weighted by Gasteiger charge is 2.50. The van der Waals surface area contributed by atoms with Crippen molar-refractivity contribution in [3.8, 4) is 0 Å². The Labute approximate surface area is 193 Å². The van der Waals surface area contributed by atoms with Gasteiger partial charge >= 0.3 is 6.03 Å². The number of nitrogens with two attached hydrogens (primary N) is 1. The van der Waals surface area contributed by atoms with E-state index in [-0.39, 0.29) is 0 Å². The number of carbonyl (C=O) groups is 4. The van der Waals surface area contributed by atoms with Crippen LogP contribution in [0, 0.1) is 0 Å². The molecule has 9 heteroatoms. The second-order valence-corrected chi connectivity index (χ2v) is 9.55. The summed E-state index contributed by atoms with van der Waals surface area (Å²) in [5.74, 6) is -1.67. The van der Waals surface area contributed by atoms with E-state index < -0.39 is 35.8 Å². The molecule has 33 heavy (non-hydrogen) atoms. The number of nitrogens with zero attached hydrogens (tertiary/aromatic N) is 1. The number of anilines is 1. The third-order valence-corrected chi connectivity index (χ3v) is 7.53. The van der Waals surface area contributed by atoms with Gasteiger partial charge in [-0.1, -0.05) is 42.5 Å². The zero-order chi connectivity index (χ0) is 23.3. The van der Waals surface area contributed by atoms with E-state index in [4.69, 9.17) is 5.73 Å². The van der Waals surface area contributed by atoms with Crippen LogP contribution in [0.25, 0.3) is 10.8 Å². The van der Waals surface area contributed by atoms with Crippen molar-refractivity contribution in [2.45, 2.75) is 31.7 Å². The second kappa shape index (κ2) is 7.70. The second-order valence-electron chi connectivity index (χ2n) is 8.45. The van der Waals surface area contributed by atoms with Crippen molar-refractivity contribution in [1.82, 2.24) is 10.2 Å². The lowest BCUT2D eigenvalue weighted by molar-refractivity contribution is -0.133. The van der Waals surface area contributed by atoms with Gasteiger partial charge in [-0.2, -0.15) is 0 Å². The Morgan fingerprint density at radius 1 is 1.15 bits per heavy atom. The summed E-state index contributed by atoms with van der Waals surface area (Å²) >= 11 is 1.33. The Balaban J connectivity index is 1.39. The Morgan fingerprint density at radius 2 is 1.91 bits per heavy atom. The Bertz CT molecular complexity index is 1340. The molecule has 5 rings (SSSR count). The predicted octanol–water partition coefficient (Wildman–Crippen LogP) is 2.89. The fourth-order valence-electron chi connectivity index (χ4n) is 4.75. The number of nitrogens with one attached hydrogen (secondary N) is 2. The summed E-state index contributed by atoms with van der Waals surface area (Å²) in [6.45, 7) is 1.17. The Morgan fingerprint density at radius 3 is 2.70 bits per heavy atom. The molecule has 2 aliphatic rings. The van der Waals surface area contributed by atoms with Gasteiger partial charge in [0, 0.05) is 4.88 Å². The van der Waals surface area contributed by atoms with Crippen molar-refractivity contribution in [2.24, 2.45) is 5.73 Å². The molecule has 0 spiro atoms. The van der Waals surface area contributed by atoms with Crippen LogP contribution in [0.15, 0.2) is 42.5 Å². The molecule has 0 bridgehead atoms. The van der Waals surface area contributed by atoms with Crippen molar-refractivity contribution in [3.05, 3.63) is 64.0 Å². The van der Waals surface area contributed by atoms with E-state index in [2.05, 4.69) is 10.6 Å². The van der Waals surface area contributed by atoms with Gasteiger partial charge in [0.25, 0.3) is 11.8 Å². The minimum atomic E-state index is -1.30. The molecule has 3 aromatic rings. The van der Waals surface area contributed by atoms with Crippen molar-refractivity contribution in [1.29, 1.82) is 0 Å². The summed E-state index contributed by atoms with van der Waals surface area (Å²) in [4.78, 5) is 52.8. The molecular formula is C24H22N4O4S. The Hall–Kier alpha value is -3.72. The monoisotopic (exact) mass is 462 g/mol. The molecule has 2 aromatic carbocycles. The number of thiophene rings is 1. The summed E-state index contributed by atoms with van der Waals surface area (Å²) in [6, 6.07) is 12.5. The first-order valence-corrected chi connectivity index (χ1v) is 11.5. The molecule has 5 amide bonds. The molecule has 1 aromatic heterocycles. The molecular weight excluding hydrogens is 440 g/mol. The molecule has 4 N–H and O–H groups in total. The third-order valence-electron chi connectivity index (χ3n) is 6.33. The maximum absolute atomic E-state index is 13.3. The van der Waals surface area contributed by atoms with Gasteiger partial charge in [-0.05, 0) is 48.1 Å². The summed E-state index contributed by atoms with van der Waals surface area (Å²) < 4.78 is 0. The van der Waals surface area contributed by atoms with Crippen molar-refractivity contribution in [3.63, 3.8) is 0 Å². The molecule has 8 nitrogen and oxygen atoms in total. The van der Waals surface area contributed by atoms with Crippen LogP contribution < -0.4 is 16.4 Å². The topological polar surface area (TPSA) is 122 Å². The highest BCUT2D eigenvalue weighted by molar-refractivity contribution is 7.17. The van der Waals surface area contributed by atoms with Crippen LogP contribution in [0.3, 0.4) is 0 Å². The van der Waals surface area contributed by atoms with Crippen molar-refractivity contribution >= 4 is 50.9 Å². The van der Waals surface area contributed by atoms with Crippen LogP contribution in [0.4, 0.5) is 9.80 Å². The quantitative estimate of drug-likeness (QED) is 0.505. The molecule has 1 atom stereocenters. The predicted molar refractivity (Wildman–Crippen MR) is 125 cm³/mol. The number of carbonyl (C=O) groups excluding carboxylic acids is 4. The molecule has 1 unspecified atom stereocenters. The summed E-state index contributed by atoms with van der Waals surface area (Å²) in [7, 11) is 0. The van der Waals surface area contributed by atoms with Gasteiger partial charge < -0.3 is 16.4 Å². The summed E-state index contributed by atoms with van der Waals surface area (Å²) in [6.07, 6.45) is 2.54. The SMILES string of the molecule is CC1(c2cccc3ccccc23)NC(=O)N(CC(=O)Nc2sc3c(c2C(N)=O)CCC3)C1=O. The molecule has 2 heterocycles. The first-order valence-electron chi connectivity index (χ1n) is 10.7. The molecule has 1 aliphatic carbocycles. The van der Waals surface area contributed by atoms with Crippen molar-refractivity contribution < 1.29 is 19.2 Å². The standard InChI is InChI=1S/C24H22N4O4S/c1-24(16-10-4-7-13-6-2-3-8-14(13)16)22(31)28(23(32)27-24)12-18(29)26-21-19(20(25)30)15-9-5-11-17(15)33-21/h2-4,6-8,10H,5,9,11-12H2,1H3,(H2,25,30)(H,26,29)(H,27,32). The maximum Gasteiger partial charge on any atom is 0.325 e. The van der Waals surface area contributed by atoms with Gasteiger partial charge in [0.2, 0.25) is 5.91 Å². The van der Waals surface area contributed by atoms with Crippen LogP contribution >= 0.6 is 11.3 Å². The summed E-state index contributed by atoms with van der Waals surface area (Å²) in [5.41, 5.74) is 6.13. The average Bonchev–Trinajstić information content (AvgIpc) is 3.42. The highest BCUT2D eigenvalue weighted by Crippen LogP contribution is 2.39. The fraction of sp³-hybridized carbons (Fsp3) is 0.250.